The van der Waals surface area contributed by atoms with E-state index < -0.39 is 0 Å². The van der Waals surface area contributed by atoms with Crippen LogP contribution >= 0.6 is 0 Å². The number of benzene rings is 1. The van der Waals surface area contributed by atoms with Crippen LogP contribution in [0.4, 0.5) is 0 Å². The van der Waals surface area contributed by atoms with Crippen LogP contribution < -0.4 is 0 Å². The van der Waals surface area contributed by atoms with Gasteiger partial charge in [0.15, 0.2) is 0 Å². The van der Waals surface area contributed by atoms with Crippen molar-refractivity contribution < 1.29 is 0 Å². The van der Waals surface area contributed by atoms with E-state index in [9.17, 15) is 0 Å². The average molecular weight is 203 g/mol. The van der Waals surface area contributed by atoms with E-state index in [0.717, 1.165) is 12.5 Å². The van der Waals surface area contributed by atoms with E-state index in [2.05, 4.69) is 43.9 Å². The quantitative estimate of drug-likeness (QED) is 0.714. The van der Waals surface area contributed by atoms with Crippen molar-refractivity contribution in [2.24, 2.45) is 5.92 Å². The van der Waals surface area contributed by atoms with Crippen molar-refractivity contribution in [2.75, 3.05) is 13.1 Å². The van der Waals surface area contributed by atoms with Crippen LogP contribution in [0, 0.1) is 12.8 Å². The summed E-state index contributed by atoms with van der Waals surface area (Å²) in [4.78, 5) is 2.57. The maximum absolute atomic E-state index is 2.57. The highest BCUT2D eigenvalue weighted by molar-refractivity contribution is 5.33. The van der Waals surface area contributed by atoms with E-state index in [1.54, 1.807) is 5.56 Å². The molecule has 1 heteroatoms. The molecule has 1 aromatic carbocycles. The van der Waals surface area contributed by atoms with Gasteiger partial charge in [-0.1, -0.05) is 37.6 Å². The van der Waals surface area contributed by atoms with Crippen LogP contribution in [-0.2, 0) is 13.0 Å². The largest absolute Gasteiger partial charge is 0.298 e. The zero-order valence-corrected chi connectivity index (χ0v) is 10.1. The molecular formula is C14H21N. The molecule has 0 unspecified atom stereocenters. The second-order valence-electron chi connectivity index (χ2n) is 5.15. The van der Waals surface area contributed by atoms with Crippen molar-refractivity contribution in [1.82, 2.24) is 4.90 Å². The minimum atomic E-state index is 0.775. The Morgan fingerprint density at radius 1 is 1.27 bits per heavy atom. The van der Waals surface area contributed by atoms with Gasteiger partial charge in [-0.2, -0.15) is 0 Å². The SMILES string of the molecule is Cc1ccc2c(c1)CCN(CC(C)C)C2. The van der Waals surface area contributed by atoms with Gasteiger partial charge in [0, 0.05) is 19.6 Å². The standard InChI is InChI=1S/C14H21N/c1-11(2)9-15-7-6-13-8-12(3)4-5-14(13)10-15/h4-5,8,11H,6-7,9-10H2,1-3H3. The number of hydrogen-bond acceptors (Lipinski definition) is 1. The van der Waals surface area contributed by atoms with Crippen LogP contribution in [-0.4, -0.2) is 18.0 Å². The van der Waals surface area contributed by atoms with E-state index in [4.69, 9.17) is 0 Å². The topological polar surface area (TPSA) is 3.24 Å². The predicted octanol–water partition coefficient (Wildman–Crippen LogP) is 3.01. The highest BCUT2D eigenvalue weighted by atomic mass is 15.1. The first-order valence-corrected chi connectivity index (χ1v) is 5.96. The summed E-state index contributed by atoms with van der Waals surface area (Å²) in [6.07, 6.45) is 1.23. The second-order valence-corrected chi connectivity index (χ2v) is 5.15. The number of nitrogens with zero attached hydrogens (tertiary/aromatic N) is 1. The second kappa shape index (κ2) is 4.36. The lowest BCUT2D eigenvalue weighted by molar-refractivity contribution is 0.226. The third-order valence-electron chi connectivity index (χ3n) is 3.08. The average Bonchev–Trinajstić information content (AvgIpc) is 2.17. The fraction of sp³-hybridized carbons (Fsp3) is 0.571. The maximum Gasteiger partial charge on any atom is 0.0236 e. The Balaban J connectivity index is 2.10. The van der Waals surface area contributed by atoms with E-state index in [1.807, 2.05) is 0 Å². The van der Waals surface area contributed by atoms with Gasteiger partial charge in [-0.25, -0.2) is 0 Å². The molecule has 2 rings (SSSR count). The summed E-state index contributed by atoms with van der Waals surface area (Å²) in [6, 6.07) is 6.89. The lowest BCUT2D eigenvalue weighted by Crippen LogP contribution is -2.33. The van der Waals surface area contributed by atoms with Gasteiger partial charge < -0.3 is 0 Å². The van der Waals surface area contributed by atoms with Crippen LogP contribution in [0.2, 0.25) is 0 Å². The lowest BCUT2D eigenvalue weighted by atomic mass is 9.97. The number of rotatable bonds is 2. The van der Waals surface area contributed by atoms with Crippen LogP contribution in [0.25, 0.3) is 0 Å². The monoisotopic (exact) mass is 203 g/mol. The number of hydrogen-bond donors (Lipinski definition) is 0. The van der Waals surface area contributed by atoms with Gasteiger partial charge in [-0.05, 0) is 30.4 Å². The van der Waals surface area contributed by atoms with Crippen LogP contribution in [0.15, 0.2) is 18.2 Å². The highest BCUT2D eigenvalue weighted by Gasteiger charge is 2.16. The Morgan fingerprint density at radius 3 is 2.80 bits per heavy atom. The molecule has 0 atom stereocenters. The van der Waals surface area contributed by atoms with E-state index in [1.165, 1.54) is 30.6 Å². The zero-order chi connectivity index (χ0) is 10.8. The number of fused-ring (bicyclic) bond motifs is 1. The van der Waals surface area contributed by atoms with Crippen LogP contribution in [0.5, 0.6) is 0 Å². The fourth-order valence-corrected chi connectivity index (χ4v) is 2.41. The summed E-state index contributed by atoms with van der Waals surface area (Å²) in [7, 11) is 0. The molecule has 0 saturated carbocycles. The summed E-state index contributed by atoms with van der Waals surface area (Å²) in [5, 5.41) is 0. The molecule has 0 aromatic heterocycles. The van der Waals surface area contributed by atoms with Gasteiger partial charge in [-0.3, -0.25) is 4.90 Å². The summed E-state index contributed by atoms with van der Waals surface area (Å²) >= 11 is 0. The van der Waals surface area contributed by atoms with Crippen LogP contribution in [0.3, 0.4) is 0 Å². The Labute approximate surface area is 93.1 Å². The molecule has 1 aliphatic heterocycles. The van der Waals surface area contributed by atoms with Gasteiger partial charge in [0.25, 0.3) is 0 Å². The third kappa shape index (κ3) is 2.60. The van der Waals surface area contributed by atoms with Crippen molar-refractivity contribution in [3.8, 4) is 0 Å². The van der Waals surface area contributed by atoms with Gasteiger partial charge in [0.1, 0.15) is 0 Å². The molecule has 1 aliphatic rings. The first-order chi connectivity index (χ1) is 7.15. The zero-order valence-electron chi connectivity index (χ0n) is 10.1. The Morgan fingerprint density at radius 2 is 2.07 bits per heavy atom. The van der Waals surface area contributed by atoms with Crippen molar-refractivity contribution in [1.29, 1.82) is 0 Å². The van der Waals surface area contributed by atoms with Crippen molar-refractivity contribution in [3.63, 3.8) is 0 Å². The molecule has 0 spiro atoms. The first-order valence-electron chi connectivity index (χ1n) is 5.96. The van der Waals surface area contributed by atoms with Crippen molar-refractivity contribution in [2.45, 2.75) is 33.7 Å². The normalized spacial score (nSPS) is 16.8. The van der Waals surface area contributed by atoms with Crippen molar-refractivity contribution in [3.05, 3.63) is 34.9 Å². The van der Waals surface area contributed by atoms with Crippen molar-refractivity contribution >= 4 is 0 Å². The third-order valence-corrected chi connectivity index (χ3v) is 3.08. The highest BCUT2D eigenvalue weighted by Crippen LogP contribution is 2.20. The maximum atomic E-state index is 2.57. The minimum Gasteiger partial charge on any atom is -0.298 e. The van der Waals surface area contributed by atoms with E-state index in [0.29, 0.717) is 0 Å². The molecule has 15 heavy (non-hydrogen) atoms. The molecule has 82 valence electrons. The van der Waals surface area contributed by atoms with E-state index >= 15 is 0 Å². The minimum absolute atomic E-state index is 0.775. The molecule has 1 aromatic rings. The molecule has 1 heterocycles. The summed E-state index contributed by atoms with van der Waals surface area (Å²) < 4.78 is 0. The molecule has 0 saturated heterocycles. The number of aryl methyl sites for hydroxylation is 1. The Hall–Kier alpha value is -0.820. The molecule has 0 bridgehead atoms. The van der Waals surface area contributed by atoms with E-state index in [-0.39, 0.29) is 0 Å². The Bertz CT molecular complexity index is 341. The molecule has 0 radical (unpaired) electrons. The molecule has 0 fully saturated rings. The van der Waals surface area contributed by atoms with Crippen LogP contribution in [0.1, 0.15) is 30.5 Å². The lowest BCUT2D eigenvalue weighted by Gasteiger charge is -2.30. The summed E-state index contributed by atoms with van der Waals surface area (Å²) in [5.41, 5.74) is 4.49. The van der Waals surface area contributed by atoms with Gasteiger partial charge in [-0.15, -0.1) is 0 Å². The first kappa shape index (κ1) is 10.7. The van der Waals surface area contributed by atoms with Gasteiger partial charge in [0.05, 0.1) is 0 Å². The van der Waals surface area contributed by atoms with Gasteiger partial charge >= 0.3 is 0 Å². The predicted molar refractivity (Wildman–Crippen MR) is 65.0 cm³/mol. The molecule has 0 amide bonds. The smallest absolute Gasteiger partial charge is 0.0236 e. The molecule has 0 N–H and O–H groups in total. The molecule has 1 nitrogen and oxygen atoms in total. The Kier molecular flexibility index (Phi) is 3.11. The van der Waals surface area contributed by atoms with Gasteiger partial charge in [0.2, 0.25) is 0 Å². The molecular weight excluding hydrogens is 182 g/mol. The summed E-state index contributed by atoms with van der Waals surface area (Å²) in [5.74, 6) is 0.775. The summed E-state index contributed by atoms with van der Waals surface area (Å²) in [6.45, 7) is 10.4. The molecule has 0 aliphatic carbocycles. The fourth-order valence-electron chi connectivity index (χ4n) is 2.41.